The van der Waals surface area contributed by atoms with Gasteiger partial charge in [0.15, 0.2) is 0 Å². The van der Waals surface area contributed by atoms with Crippen molar-refractivity contribution in [2.75, 3.05) is 0 Å². The van der Waals surface area contributed by atoms with E-state index in [4.69, 9.17) is 0 Å². The van der Waals surface area contributed by atoms with Gasteiger partial charge < -0.3 is 0 Å². The van der Waals surface area contributed by atoms with E-state index >= 15 is 0 Å². The standard InChI is InChI=1S/C20H18/c1-16-12-14-19(15-13-16)20(17-8-4-2-5-9-17)18-10-6-3-7-11-18/h2-15,20H,1H3. The summed E-state index contributed by atoms with van der Waals surface area (Å²) < 4.78 is 0. The Morgan fingerprint density at radius 1 is 0.500 bits per heavy atom. The zero-order chi connectivity index (χ0) is 13.8. The first-order chi connectivity index (χ1) is 9.84. The zero-order valence-electron chi connectivity index (χ0n) is 11.7. The highest BCUT2D eigenvalue weighted by atomic mass is 14.2. The van der Waals surface area contributed by atoms with Gasteiger partial charge in [-0.05, 0) is 23.6 Å². The van der Waals surface area contributed by atoms with Crippen LogP contribution < -0.4 is 0 Å². The maximum Gasteiger partial charge on any atom is 0.0339 e. The van der Waals surface area contributed by atoms with Crippen LogP contribution in [0.25, 0.3) is 0 Å². The van der Waals surface area contributed by atoms with E-state index in [0.717, 1.165) is 0 Å². The molecule has 0 saturated heterocycles. The quantitative estimate of drug-likeness (QED) is 0.568. The normalized spacial score (nSPS) is 10.7. The molecule has 0 saturated carbocycles. The van der Waals surface area contributed by atoms with Crippen LogP contribution in [0.4, 0.5) is 0 Å². The molecular weight excluding hydrogens is 240 g/mol. The second-order valence-corrected chi connectivity index (χ2v) is 5.17. The second kappa shape index (κ2) is 5.75. The fourth-order valence-electron chi connectivity index (χ4n) is 2.63. The average molecular weight is 258 g/mol. The third-order valence-electron chi connectivity index (χ3n) is 3.68. The second-order valence-electron chi connectivity index (χ2n) is 5.17. The summed E-state index contributed by atoms with van der Waals surface area (Å²) in [5.74, 6) is 0.304. The molecule has 98 valence electrons. The summed E-state index contributed by atoms with van der Waals surface area (Å²) in [5.41, 5.74) is 5.31. The van der Waals surface area contributed by atoms with Crippen LogP contribution in [0.2, 0.25) is 0 Å². The molecule has 0 aliphatic carbocycles. The van der Waals surface area contributed by atoms with E-state index in [1.807, 2.05) is 0 Å². The average Bonchev–Trinajstić information content (AvgIpc) is 2.52. The minimum atomic E-state index is 0.304. The van der Waals surface area contributed by atoms with Gasteiger partial charge in [-0.1, -0.05) is 90.5 Å². The SMILES string of the molecule is Cc1ccc(C(c2ccccc2)c2ccccc2)cc1. The molecule has 0 heteroatoms. The van der Waals surface area contributed by atoms with Crippen molar-refractivity contribution < 1.29 is 0 Å². The van der Waals surface area contributed by atoms with E-state index in [9.17, 15) is 0 Å². The number of hydrogen-bond donors (Lipinski definition) is 0. The molecule has 0 N–H and O–H groups in total. The Balaban J connectivity index is 2.11. The summed E-state index contributed by atoms with van der Waals surface area (Å²) in [4.78, 5) is 0. The van der Waals surface area contributed by atoms with Crippen molar-refractivity contribution in [3.05, 3.63) is 107 Å². The van der Waals surface area contributed by atoms with Gasteiger partial charge in [0.2, 0.25) is 0 Å². The van der Waals surface area contributed by atoms with Crippen molar-refractivity contribution in [3.8, 4) is 0 Å². The fraction of sp³-hybridized carbons (Fsp3) is 0.100. The van der Waals surface area contributed by atoms with Gasteiger partial charge in [0.05, 0.1) is 0 Å². The Kier molecular flexibility index (Phi) is 3.64. The summed E-state index contributed by atoms with van der Waals surface area (Å²) in [5, 5.41) is 0. The van der Waals surface area contributed by atoms with Crippen LogP contribution >= 0.6 is 0 Å². The van der Waals surface area contributed by atoms with Crippen molar-refractivity contribution in [1.82, 2.24) is 0 Å². The van der Waals surface area contributed by atoms with Crippen LogP contribution in [-0.2, 0) is 0 Å². The molecule has 0 nitrogen and oxygen atoms in total. The Hall–Kier alpha value is -2.34. The molecule has 3 rings (SSSR count). The summed E-state index contributed by atoms with van der Waals surface area (Å²) in [6, 6.07) is 30.3. The smallest absolute Gasteiger partial charge is 0.0339 e. The van der Waals surface area contributed by atoms with Crippen LogP contribution in [0.15, 0.2) is 84.9 Å². The van der Waals surface area contributed by atoms with Crippen molar-refractivity contribution in [3.63, 3.8) is 0 Å². The van der Waals surface area contributed by atoms with Crippen LogP contribution in [0.5, 0.6) is 0 Å². The molecule has 20 heavy (non-hydrogen) atoms. The Morgan fingerprint density at radius 3 is 1.35 bits per heavy atom. The molecule has 3 aromatic carbocycles. The highest BCUT2D eigenvalue weighted by molar-refractivity contribution is 5.43. The topological polar surface area (TPSA) is 0 Å². The summed E-state index contributed by atoms with van der Waals surface area (Å²) in [6.45, 7) is 2.13. The molecular formula is C20H18. The highest BCUT2D eigenvalue weighted by Crippen LogP contribution is 2.31. The lowest BCUT2D eigenvalue weighted by Gasteiger charge is -2.19. The Labute approximate surface area is 120 Å². The van der Waals surface area contributed by atoms with Gasteiger partial charge >= 0.3 is 0 Å². The lowest BCUT2D eigenvalue weighted by molar-refractivity contribution is 0.976. The van der Waals surface area contributed by atoms with E-state index in [2.05, 4.69) is 91.9 Å². The first-order valence-electron chi connectivity index (χ1n) is 7.01. The van der Waals surface area contributed by atoms with Crippen molar-refractivity contribution >= 4 is 0 Å². The molecule has 0 atom stereocenters. The zero-order valence-corrected chi connectivity index (χ0v) is 11.7. The first kappa shape index (κ1) is 12.7. The predicted octanol–water partition coefficient (Wildman–Crippen LogP) is 5.18. The van der Waals surface area contributed by atoms with E-state index in [0.29, 0.717) is 5.92 Å². The Morgan fingerprint density at radius 2 is 0.900 bits per heavy atom. The lowest BCUT2D eigenvalue weighted by atomic mass is 9.85. The van der Waals surface area contributed by atoms with Crippen LogP contribution in [0.1, 0.15) is 28.2 Å². The summed E-state index contributed by atoms with van der Waals surface area (Å²) >= 11 is 0. The van der Waals surface area contributed by atoms with Crippen molar-refractivity contribution in [1.29, 1.82) is 0 Å². The molecule has 0 aliphatic rings. The minimum absolute atomic E-state index is 0.304. The van der Waals surface area contributed by atoms with Crippen molar-refractivity contribution in [2.45, 2.75) is 12.8 Å². The van der Waals surface area contributed by atoms with Gasteiger partial charge in [0, 0.05) is 5.92 Å². The molecule has 0 heterocycles. The van der Waals surface area contributed by atoms with Crippen molar-refractivity contribution in [2.24, 2.45) is 0 Å². The van der Waals surface area contributed by atoms with Gasteiger partial charge in [-0.2, -0.15) is 0 Å². The maximum atomic E-state index is 2.24. The molecule has 0 unspecified atom stereocenters. The molecule has 0 fully saturated rings. The van der Waals surface area contributed by atoms with Crippen LogP contribution in [-0.4, -0.2) is 0 Å². The molecule has 0 spiro atoms. The number of aryl methyl sites for hydroxylation is 1. The van der Waals surface area contributed by atoms with Gasteiger partial charge in [-0.25, -0.2) is 0 Å². The monoisotopic (exact) mass is 258 g/mol. The molecule has 0 aliphatic heterocycles. The summed E-state index contributed by atoms with van der Waals surface area (Å²) in [7, 11) is 0. The number of hydrogen-bond acceptors (Lipinski definition) is 0. The third kappa shape index (κ3) is 2.65. The molecule has 3 aromatic rings. The molecule has 0 aromatic heterocycles. The van der Waals surface area contributed by atoms with Gasteiger partial charge in [-0.15, -0.1) is 0 Å². The van der Waals surface area contributed by atoms with Gasteiger partial charge in [-0.3, -0.25) is 0 Å². The Bertz CT molecular complexity index is 612. The molecule has 0 bridgehead atoms. The fourth-order valence-corrected chi connectivity index (χ4v) is 2.63. The molecule has 0 radical (unpaired) electrons. The minimum Gasteiger partial charge on any atom is -0.0622 e. The largest absolute Gasteiger partial charge is 0.0622 e. The number of benzene rings is 3. The lowest BCUT2D eigenvalue weighted by Crippen LogP contribution is -2.03. The van der Waals surface area contributed by atoms with E-state index < -0.39 is 0 Å². The van der Waals surface area contributed by atoms with Gasteiger partial charge in [0.1, 0.15) is 0 Å². The highest BCUT2D eigenvalue weighted by Gasteiger charge is 2.15. The number of rotatable bonds is 3. The third-order valence-corrected chi connectivity index (χ3v) is 3.68. The first-order valence-corrected chi connectivity index (χ1v) is 7.01. The van der Waals surface area contributed by atoms with Crippen LogP contribution in [0.3, 0.4) is 0 Å². The summed E-state index contributed by atoms with van der Waals surface area (Å²) in [6.07, 6.45) is 0. The van der Waals surface area contributed by atoms with E-state index in [1.165, 1.54) is 22.3 Å². The van der Waals surface area contributed by atoms with Crippen LogP contribution in [0, 0.1) is 6.92 Å². The van der Waals surface area contributed by atoms with Gasteiger partial charge in [0.25, 0.3) is 0 Å². The predicted molar refractivity (Wildman–Crippen MR) is 85.0 cm³/mol. The van der Waals surface area contributed by atoms with E-state index in [1.54, 1.807) is 0 Å². The maximum absolute atomic E-state index is 2.24. The van der Waals surface area contributed by atoms with E-state index in [-0.39, 0.29) is 0 Å². The molecule has 0 amide bonds.